The number of hydrogen-bond donors (Lipinski definition) is 4. The lowest BCUT2D eigenvalue weighted by Gasteiger charge is -2.20. The second kappa shape index (κ2) is 8.08. The smallest absolute Gasteiger partial charge is 0.312 e. The topological polar surface area (TPSA) is 110 Å². The van der Waals surface area contributed by atoms with Crippen LogP contribution in [-0.2, 0) is 4.79 Å². The average molecular weight is 321 g/mol. The van der Waals surface area contributed by atoms with Gasteiger partial charge in [-0.3, -0.25) is 4.79 Å². The van der Waals surface area contributed by atoms with Crippen LogP contribution in [0.2, 0.25) is 0 Å². The van der Waals surface area contributed by atoms with E-state index < -0.39 is 17.6 Å². The monoisotopic (exact) mass is 320 g/mol. The molecule has 114 valence electrons. The molecule has 0 bridgehead atoms. The molecule has 1 rings (SSSR count). The first-order valence-electron chi connectivity index (χ1n) is 5.93. The maximum absolute atomic E-state index is 11.8. The predicted molar refractivity (Wildman–Crippen MR) is 82.9 cm³/mol. The molecule has 1 aromatic heterocycles. The molecule has 6 nitrogen and oxygen atoms in total. The van der Waals surface area contributed by atoms with E-state index in [1.807, 2.05) is 31.4 Å². The lowest BCUT2D eigenvalue weighted by molar-refractivity contribution is -0.121. The zero-order chi connectivity index (χ0) is 14.5. The first-order chi connectivity index (χ1) is 8.78. The highest BCUT2D eigenvalue weighted by Gasteiger charge is 2.19. The fraction of sp³-hybridized carbons (Fsp3) is 0.500. The van der Waals surface area contributed by atoms with Gasteiger partial charge in [0.15, 0.2) is 0 Å². The third kappa shape index (κ3) is 7.32. The molecular formula is C12H21ClN4O2S. The maximum atomic E-state index is 11.8. The predicted octanol–water partition coefficient (Wildman–Crippen LogP) is 1.12. The normalized spacial score (nSPS) is 12.2. The van der Waals surface area contributed by atoms with Gasteiger partial charge in [-0.15, -0.1) is 23.7 Å². The van der Waals surface area contributed by atoms with E-state index in [2.05, 4.69) is 10.6 Å². The van der Waals surface area contributed by atoms with Gasteiger partial charge in [0, 0.05) is 17.0 Å². The number of thiophene rings is 1. The molecule has 0 aliphatic carbocycles. The van der Waals surface area contributed by atoms with Gasteiger partial charge in [-0.05, 0) is 25.3 Å². The Morgan fingerprint density at radius 3 is 2.55 bits per heavy atom. The molecule has 0 saturated carbocycles. The summed E-state index contributed by atoms with van der Waals surface area (Å²) in [6, 6.07) is 2.66. The van der Waals surface area contributed by atoms with Crippen LogP contribution in [0.15, 0.2) is 17.5 Å². The second-order valence-electron chi connectivity index (χ2n) is 5.05. The summed E-state index contributed by atoms with van der Waals surface area (Å²) in [6.45, 7) is 4.02. The number of primary amides is 1. The van der Waals surface area contributed by atoms with Crippen molar-refractivity contribution in [1.82, 2.24) is 10.6 Å². The van der Waals surface area contributed by atoms with E-state index >= 15 is 0 Å². The van der Waals surface area contributed by atoms with Crippen LogP contribution in [0.5, 0.6) is 0 Å². The Morgan fingerprint density at radius 2 is 2.10 bits per heavy atom. The van der Waals surface area contributed by atoms with Crippen LogP contribution in [-0.4, -0.2) is 24.0 Å². The Hall–Kier alpha value is -1.31. The zero-order valence-electron chi connectivity index (χ0n) is 11.5. The maximum Gasteiger partial charge on any atom is 0.312 e. The SMILES string of the molecule is CC(C)(N)CNC(=O)CC(NC(N)=O)c1cccs1.Cl. The van der Waals surface area contributed by atoms with Crippen molar-refractivity contribution in [3.05, 3.63) is 22.4 Å². The molecule has 0 saturated heterocycles. The van der Waals surface area contributed by atoms with Crippen molar-refractivity contribution in [3.8, 4) is 0 Å². The minimum absolute atomic E-state index is 0. The molecule has 8 heteroatoms. The highest BCUT2D eigenvalue weighted by Crippen LogP contribution is 2.21. The van der Waals surface area contributed by atoms with E-state index in [4.69, 9.17) is 11.5 Å². The third-order valence-electron chi connectivity index (χ3n) is 2.33. The molecule has 0 aliphatic rings. The second-order valence-corrected chi connectivity index (χ2v) is 6.03. The molecule has 0 aromatic carbocycles. The van der Waals surface area contributed by atoms with Crippen LogP contribution in [0.25, 0.3) is 0 Å². The lowest BCUT2D eigenvalue weighted by atomic mass is 10.1. The summed E-state index contributed by atoms with van der Waals surface area (Å²) in [7, 11) is 0. The fourth-order valence-electron chi connectivity index (χ4n) is 1.47. The largest absolute Gasteiger partial charge is 0.354 e. The molecule has 1 unspecified atom stereocenters. The van der Waals surface area contributed by atoms with Crippen molar-refractivity contribution in [2.75, 3.05) is 6.54 Å². The van der Waals surface area contributed by atoms with Gasteiger partial charge in [-0.2, -0.15) is 0 Å². The molecule has 1 heterocycles. The van der Waals surface area contributed by atoms with Crippen LogP contribution < -0.4 is 22.1 Å². The van der Waals surface area contributed by atoms with E-state index in [1.54, 1.807) is 0 Å². The summed E-state index contributed by atoms with van der Waals surface area (Å²) >= 11 is 1.46. The summed E-state index contributed by atoms with van der Waals surface area (Å²) in [5.74, 6) is -0.175. The summed E-state index contributed by atoms with van der Waals surface area (Å²) in [5, 5.41) is 7.19. The molecule has 0 radical (unpaired) electrons. The highest BCUT2D eigenvalue weighted by atomic mass is 35.5. The van der Waals surface area contributed by atoms with Crippen molar-refractivity contribution < 1.29 is 9.59 Å². The molecule has 20 heavy (non-hydrogen) atoms. The van der Waals surface area contributed by atoms with E-state index in [-0.39, 0.29) is 24.7 Å². The van der Waals surface area contributed by atoms with Crippen molar-refractivity contribution >= 4 is 35.7 Å². The molecule has 1 aromatic rings. The molecule has 0 fully saturated rings. The number of halogens is 1. The molecular weight excluding hydrogens is 300 g/mol. The van der Waals surface area contributed by atoms with Gasteiger partial charge in [0.2, 0.25) is 5.91 Å². The summed E-state index contributed by atoms with van der Waals surface area (Å²) in [5.41, 5.74) is 10.4. The van der Waals surface area contributed by atoms with E-state index in [9.17, 15) is 9.59 Å². The van der Waals surface area contributed by atoms with Crippen LogP contribution >= 0.6 is 23.7 Å². The van der Waals surface area contributed by atoms with Gasteiger partial charge in [0.25, 0.3) is 0 Å². The minimum Gasteiger partial charge on any atom is -0.354 e. The van der Waals surface area contributed by atoms with Gasteiger partial charge >= 0.3 is 6.03 Å². The number of nitrogens with two attached hydrogens (primary N) is 2. The van der Waals surface area contributed by atoms with Gasteiger partial charge in [0.05, 0.1) is 12.5 Å². The molecule has 0 aliphatic heterocycles. The van der Waals surface area contributed by atoms with Crippen molar-refractivity contribution in [1.29, 1.82) is 0 Å². The molecule has 6 N–H and O–H groups in total. The number of urea groups is 1. The Balaban J connectivity index is 0.00000361. The van der Waals surface area contributed by atoms with E-state index in [0.717, 1.165) is 4.88 Å². The van der Waals surface area contributed by atoms with E-state index in [0.29, 0.717) is 6.54 Å². The Morgan fingerprint density at radius 1 is 1.45 bits per heavy atom. The summed E-state index contributed by atoms with van der Waals surface area (Å²) in [6.07, 6.45) is 0.138. The van der Waals surface area contributed by atoms with Crippen molar-refractivity contribution in [3.63, 3.8) is 0 Å². The first-order valence-corrected chi connectivity index (χ1v) is 6.81. The van der Waals surface area contributed by atoms with Gasteiger partial charge in [0.1, 0.15) is 0 Å². The molecule has 1 atom stereocenters. The van der Waals surface area contributed by atoms with Crippen molar-refractivity contribution in [2.45, 2.75) is 31.8 Å². The molecule has 3 amide bonds. The van der Waals surface area contributed by atoms with Gasteiger partial charge in [-0.1, -0.05) is 6.07 Å². The number of carbonyl (C=O) groups excluding carboxylic acids is 2. The lowest BCUT2D eigenvalue weighted by Crippen LogP contribution is -2.46. The molecule has 0 spiro atoms. The summed E-state index contributed by atoms with van der Waals surface area (Å²) < 4.78 is 0. The Kier molecular flexibility index (Phi) is 7.55. The third-order valence-corrected chi connectivity index (χ3v) is 3.32. The van der Waals surface area contributed by atoms with Crippen LogP contribution in [0.1, 0.15) is 31.2 Å². The number of amides is 3. The van der Waals surface area contributed by atoms with Crippen LogP contribution in [0, 0.1) is 0 Å². The van der Waals surface area contributed by atoms with Crippen molar-refractivity contribution in [2.24, 2.45) is 11.5 Å². The number of nitrogens with one attached hydrogen (secondary N) is 2. The van der Waals surface area contributed by atoms with Crippen LogP contribution in [0.3, 0.4) is 0 Å². The first kappa shape index (κ1) is 18.7. The Bertz CT molecular complexity index is 431. The van der Waals surface area contributed by atoms with E-state index in [1.165, 1.54) is 11.3 Å². The zero-order valence-corrected chi connectivity index (χ0v) is 13.1. The average Bonchev–Trinajstić information content (AvgIpc) is 2.77. The standard InChI is InChI=1S/C12H20N4O2S.ClH/c1-12(2,14)7-15-10(17)6-8(16-11(13)18)9-4-3-5-19-9;/h3-5,8H,6-7,14H2,1-2H3,(H,15,17)(H3,13,16,18);1H. The fourth-order valence-corrected chi connectivity index (χ4v) is 2.25. The highest BCUT2D eigenvalue weighted by molar-refractivity contribution is 7.10. The minimum atomic E-state index is -0.648. The van der Waals surface area contributed by atoms with Gasteiger partial charge in [-0.25, -0.2) is 4.79 Å². The number of rotatable bonds is 6. The number of hydrogen-bond acceptors (Lipinski definition) is 4. The summed E-state index contributed by atoms with van der Waals surface area (Å²) in [4.78, 5) is 23.7. The Labute approximate surface area is 128 Å². The van der Waals surface area contributed by atoms with Gasteiger partial charge < -0.3 is 22.1 Å². The quantitative estimate of drug-likeness (QED) is 0.630. The number of carbonyl (C=O) groups is 2. The van der Waals surface area contributed by atoms with Crippen LogP contribution in [0.4, 0.5) is 4.79 Å².